The quantitative estimate of drug-likeness (QED) is 0.491. The molecule has 140 valence electrons. The fraction of sp³-hybridized carbons (Fsp3) is 0.182. The van der Waals surface area contributed by atoms with Crippen LogP contribution in [0, 0.1) is 0 Å². The predicted molar refractivity (Wildman–Crippen MR) is 104 cm³/mol. The first-order chi connectivity index (χ1) is 13.0. The molecule has 0 radical (unpaired) electrons. The van der Waals surface area contributed by atoms with Gasteiger partial charge in [-0.15, -0.1) is 13.2 Å². The molecule has 5 nitrogen and oxygen atoms in total. The van der Waals surface area contributed by atoms with Gasteiger partial charge < -0.3 is 19.7 Å². The largest absolute Gasteiger partial charge is 0.508 e. The summed E-state index contributed by atoms with van der Waals surface area (Å²) >= 11 is 0. The molecule has 1 unspecified atom stereocenters. The first-order valence-corrected chi connectivity index (χ1v) is 8.50. The van der Waals surface area contributed by atoms with Crippen LogP contribution in [-0.2, 0) is 22.4 Å². The van der Waals surface area contributed by atoms with Crippen LogP contribution >= 0.6 is 0 Å². The van der Waals surface area contributed by atoms with Crippen LogP contribution in [0.3, 0.4) is 0 Å². The Hall–Kier alpha value is -3.34. The number of carboxylic acids is 1. The van der Waals surface area contributed by atoms with E-state index in [2.05, 4.69) is 13.2 Å². The Kier molecular flexibility index (Phi) is 6.94. The van der Waals surface area contributed by atoms with Crippen LogP contribution in [0.1, 0.15) is 17.5 Å². The van der Waals surface area contributed by atoms with Gasteiger partial charge in [-0.3, -0.25) is 0 Å². The number of allylic oxidation sites excluding steroid dienone is 2. The molecule has 1 atom stereocenters. The highest BCUT2D eigenvalue weighted by Crippen LogP contribution is 2.35. The third kappa shape index (κ3) is 5.07. The molecule has 0 saturated carbocycles. The highest BCUT2D eigenvalue weighted by atomic mass is 16.5. The first kappa shape index (κ1) is 20.0. The summed E-state index contributed by atoms with van der Waals surface area (Å²) in [6.45, 7) is 7.42. The van der Waals surface area contributed by atoms with Gasteiger partial charge in [-0.25, -0.2) is 4.79 Å². The number of aromatic hydroxyl groups is 1. The molecule has 2 aromatic rings. The number of rotatable bonds is 10. The summed E-state index contributed by atoms with van der Waals surface area (Å²) in [7, 11) is 0. The second kappa shape index (κ2) is 9.38. The van der Waals surface area contributed by atoms with E-state index in [9.17, 15) is 19.8 Å². The monoisotopic (exact) mass is 366 g/mol. The summed E-state index contributed by atoms with van der Waals surface area (Å²) in [5.74, 6) is -0.693. The maximum absolute atomic E-state index is 11.4. The minimum absolute atomic E-state index is 0.160. The van der Waals surface area contributed by atoms with Crippen molar-refractivity contribution in [2.75, 3.05) is 0 Å². The highest BCUT2D eigenvalue weighted by Gasteiger charge is 2.21. The molecule has 0 spiro atoms. The van der Waals surface area contributed by atoms with E-state index in [0.29, 0.717) is 36.0 Å². The molecule has 2 rings (SSSR count). The molecule has 2 N–H and O–H groups in total. The maximum Gasteiger partial charge on any atom is 0.345 e. The number of ether oxygens (including phenoxy) is 1. The molecule has 0 bridgehead atoms. The minimum Gasteiger partial charge on any atom is -0.508 e. The second-order valence-corrected chi connectivity index (χ2v) is 6.01. The van der Waals surface area contributed by atoms with E-state index in [4.69, 9.17) is 4.74 Å². The van der Waals surface area contributed by atoms with Crippen molar-refractivity contribution in [1.29, 1.82) is 0 Å². The van der Waals surface area contributed by atoms with Crippen LogP contribution in [0.15, 0.2) is 61.7 Å². The molecule has 0 saturated heterocycles. The molecule has 0 aromatic heterocycles. The fourth-order valence-corrected chi connectivity index (χ4v) is 2.71. The number of phenolic OH excluding ortho intramolecular Hbond substituents is 1. The Bertz CT molecular complexity index is 854. The van der Waals surface area contributed by atoms with Gasteiger partial charge in [0.1, 0.15) is 17.8 Å². The maximum atomic E-state index is 11.4. The van der Waals surface area contributed by atoms with Crippen LogP contribution in [0.4, 0.5) is 0 Å². The molecule has 0 amide bonds. The third-order valence-corrected chi connectivity index (χ3v) is 4.03. The number of carboxylic acid groups (broad SMARTS) is 1. The average molecular weight is 366 g/mol. The first-order valence-electron chi connectivity index (χ1n) is 8.50. The summed E-state index contributed by atoms with van der Waals surface area (Å²) < 4.78 is 5.63. The highest BCUT2D eigenvalue weighted by molar-refractivity contribution is 5.78. The zero-order valence-corrected chi connectivity index (χ0v) is 14.9. The van der Waals surface area contributed by atoms with Crippen molar-refractivity contribution >= 4 is 12.3 Å². The lowest BCUT2D eigenvalue weighted by atomic mass is 9.97. The molecule has 0 fully saturated rings. The SMILES string of the molecule is C=CCc1ccc(OC(CC=O)C(=O)O)c(-c2ccc(O)c(CC=C)c2)c1. The number of carbonyl (C=O) groups is 2. The summed E-state index contributed by atoms with van der Waals surface area (Å²) in [6, 6.07) is 10.5. The molecule has 2 aromatic carbocycles. The Labute approximate surface area is 158 Å². The molecule has 27 heavy (non-hydrogen) atoms. The van der Waals surface area contributed by atoms with Gasteiger partial charge in [0, 0.05) is 5.56 Å². The van der Waals surface area contributed by atoms with Crippen LogP contribution in [0.25, 0.3) is 11.1 Å². The van der Waals surface area contributed by atoms with Gasteiger partial charge >= 0.3 is 5.97 Å². The molecule has 5 heteroatoms. The lowest BCUT2D eigenvalue weighted by molar-refractivity contribution is -0.146. The normalized spacial score (nSPS) is 11.4. The molecule has 0 aliphatic heterocycles. The Morgan fingerprint density at radius 3 is 2.48 bits per heavy atom. The Balaban J connectivity index is 2.54. The average Bonchev–Trinajstić information content (AvgIpc) is 2.64. The number of phenols is 1. The zero-order chi connectivity index (χ0) is 19.8. The van der Waals surface area contributed by atoms with Gasteiger partial charge in [0.15, 0.2) is 0 Å². The number of hydrogen-bond acceptors (Lipinski definition) is 4. The van der Waals surface area contributed by atoms with E-state index in [1.165, 1.54) is 0 Å². The lowest BCUT2D eigenvalue weighted by Gasteiger charge is -2.18. The van der Waals surface area contributed by atoms with E-state index in [0.717, 1.165) is 11.1 Å². The van der Waals surface area contributed by atoms with Gasteiger partial charge in [0.05, 0.1) is 6.42 Å². The van der Waals surface area contributed by atoms with Crippen molar-refractivity contribution < 1.29 is 24.5 Å². The number of hydrogen-bond donors (Lipinski definition) is 2. The number of benzene rings is 2. The van der Waals surface area contributed by atoms with Crippen LogP contribution in [-0.4, -0.2) is 28.6 Å². The van der Waals surface area contributed by atoms with Gasteiger partial charge in [-0.2, -0.15) is 0 Å². The Morgan fingerprint density at radius 1 is 1.11 bits per heavy atom. The van der Waals surface area contributed by atoms with Crippen LogP contribution in [0.2, 0.25) is 0 Å². The molecule has 0 heterocycles. The van der Waals surface area contributed by atoms with Crippen molar-refractivity contribution in [3.8, 4) is 22.6 Å². The molecule has 0 aliphatic rings. The van der Waals surface area contributed by atoms with E-state index >= 15 is 0 Å². The van der Waals surface area contributed by atoms with E-state index in [1.54, 1.807) is 30.4 Å². The van der Waals surface area contributed by atoms with Gasteiger partial charge in [-0.05, 0) is 53.8 Å². The summed E-state index contributed by atoms with van der Waals surface area (Å²) in [4.78, 5) is 22.1. The topological polar surface area (TPSA) is 83.8 Å². The molecular weight excluding hydrogens is 344 g/mol. The van der Waals surface area contributed by atoms with E-state index < -0.39 is 12.1 Å². The van der Waals surface area contributed by atoms with Crippen molar-refractivity contribution in [3.05, 3.63) is 72.8 Å². The molecule has 0 aliphatic carbocycles. The summed E-state index contributed by atoms with van der Waals surface area (Å²) in [5, 5.41) is 19.3. The number of aldehydes is 1. The smallest absolute Gasteiger partial charge is 0.345 e. The van der Waals surface area contributed by atoms with Crippen molar-refractivity contribution in [2.24, 2.45) is 0 Å². The second-order valence-electron chi connectivity index (χ2n) is 6.01. The van der Waals surface area contributed by atoms with E-state index in [-0.39, 0.29) is 12.2 Å². The zero-order valence-electron chi connectivity index (χ0n) is 14.9. The van der Waals surface area contributed by atoms with Crippen molar-refractivity contribution in [3.63, 3.8) is 0 Å². The van der Waals surface area contributed by atoms with Crippen molar-refractivity contribution in [1.82, 2.24) is 0 Å². The fourth-order valence-electron chi connectivity index (χ4n) is 2.71. The van der Waals surface area contributed by atoms with Gasteiger partial charge in [0.2, 0.25) is 6.10 Å². The van der Waals surface area contributed by atoms with Gasteiger partial charge in [0.25, 0.3) is 0 Å². The lowest BCUT2D eigenvalue weighted by Crippen LogP contribution is -2.27. The summed E-state index contributed by atoms with van der Waals surface area (Å²) in [6.07, 6.45) is 3.60. The number of aliphatic carboxylic acids is 1. The van der Waals surface area contributed by atoms with E-state index in [1.807, 2.05) is 18.2 Å². The Morgan fingerprint density at radius 2 is 1.85 bits per heavy atom. The van der Waals surface area contributed by atoms with Crippen molar-refractivity contribution in [2.45, 2.75) is 25.4 Å². The molecular formula is C22H22O5. The predicted octanol–water partition coefficient (Wildman–Crippen LogP) is 3.94. The number of carbonyl (C=O) groups excluding carboxylic acids is 1. The van der Waals surface area contributed by atoms with Gasteiger partial charge in [-0.1, -0.05) is 24.3 Å². The summed E-state index contributed by atoms with van der Waals surface area (Å²) in [5.41, 5.74) is 3.12. The van der Waals surface area contributed by atoms with Crippen LogP contribution in [0.5, 0.6) is 11.5 Å². The third-order valence-electron chi connectivity index (χ3n) is 4.03. The van der Waals surface area contributed by atoms with Crippen LogP contribution < -0.4 is 4.74 Å². The minimum atomic E-state index is -1.27. The standard InChI is InChI=1S/C22H22O5/c1-3-5-15-7-10-20(27-21(11-12-23)22(25)26)18(13-15)16-8-9-19(24)17(14-16)6-4-2/h3-4,7-10,12-14,21,24H,1-2,5-6,11H2,(H,25,26).